The van der Waals surface area contributed by atoms with Gasteiger partial charge in [-0.2, -0.15) is 9.78 Å². The van der Waals surface area contributed by atoms with Crippen LogP contribution in [0.1, 0.15) is 41.0 Å². The zero-order valence-electron chi connectivity index (χ0n) is 16.9. The zero-order valence-corrected chi connectivity index (χ0v) is 16.9. The van der Waals surface area contributed by atoms with Crippen molar-refractivity contribution in [2.45, 2.75) is 25.8 Å². The largest absolute Gasteiger partial charge is 0.378 e. The Morgan fingerprint density at radius 3 is 2.84 bits per heavy atom. The molecule has 1 fully saturated rings. The van der Waals surface area contributed by atoms with Crippen molar-refractivity contribution in [3.05, 3.63) is 51.3 Å². The predicted octanol–water partition coefficient (Wildman–Crippen LogP) is 0.891. The topological polar surface area (TPSA) is 183 Å². The van der Waals surface area contributed by atoms with E-state index in [4.69, 9.17) is 5.73 Å². The number of nitrogens with one attached hydrogen (secondary N) is 1. The molecule has 4 rings (SSSR count). The number of nitro benzene ring substituents is 1. The van der Waals surface area contributed by atoms with Crippen molar-refractivity contribution in [2.75, 3.05) is 18.8 Å². The number of nitrogens with zero attached hydrogens (tertiary/aromatic N) is 8. The van der Waals surface area contributed by atoms with Crippen molar-refractivity contribution in [1.82, 2.24) is 35.6 Å². The van der Waals surface area contributed by atoms with Gasteiger partial charge in [0.05, 0.1) is 11.1 Å². The molecule has 3 N–H and O–H groups in total. The van der Waals surface area contributed by atoms with Crippen molar-refractivity contribution in [3.63, 3.8) is 0 Å². The number of hydrogen-bond acceptors (Lipinski definition) is 11. The number of hydrazone groups is 1. The van der Waals surface area contributed by atoms with E-state index in [2.05, 4.69) is 40.7 Å². The lowest BCUT2D eigenvalue weighted by Crippen LogP contribution is -2.31. The lowest BCUT2D eigenvalue weighted by atomic mass is 10.1. The fraction of sp³-hybridized carbons (Fsp3) is 0.333. The number of nitrogens with two attached hydrogens (primary N) is 1. The number of aromatic nitrogens is 5. The first-order chi connectivity index (χ1) is 15.5. The van der Waals surface area contributed by atoms with Gasteiger partial charge in [-0.3, -0.25) is 19.8 Å². The highest BCUT2D eigenvalue weighted by atomic mass is 16.6. The number of non-ortho nitro benzene ring substituents is 1. The third-order valence-electron chi connectivity index (χ3n) is 4.93. The Morgan fingerprint density at radius 2 is 2.12 bits per heavy atom. The lowest BCUT2D eigenvalue weighted by Gasteiger charge is -2.25. The van der Waals surface area contributed by atoms with Crippen LogP contribution in [0.4, 0.5) is 11.5 Å². The molecule has 1 aromatic carbocycles. The van der Waals surface area contributed by atoms with Gasteiger partial charge in [-0.05, 0) is 36.2 Å². The molecule has 0 aliphatic carbocycles. The fourth-order valence-corrected chi connectivity index (χ4v) is 3.40. The zero-order chi connectivity index (χ0) is 22.5. The van der Waals surface area contributed by atoms with Crippen molar-refractivity contribution >= 4 is 23.6 Å². The normalized spacial score (nSPS) is 14.6. The molecule has 1 saturated heterocycles. The molecule has 1 amide bonds. The average Bonchev–Trinajstić information content (AvgIpc) is 3.40. The van der Waals surface area contributed by atoms with Crippen molar-refractivity contribution in [2.24, 2.45) is 5.10 Å². The molecule has 166 valence electrons. The summed E-state index contributed by atoms with van der Waals surface area (Å²) in [6.45, 7) is 2.21. The monoisotopic (exact) mass is 440 g/mol. The van der Waals surface area contributed by atoms with Gasteiger partial charge < -0.3 is 5.73 Å². The SMILES string of the molecule is Nc1nonc1-n1nnc(CN2CCCCC2)c1C(=O)N/N=C/c1cccc([N+](=O)[O-])c1. The summed E-state index contributed by atoms with van der Waals surface area (Å²) in [5.74, 6) is -0.616. The van der Waals surface area contributed by atoms with E-state index in [1.54, 1.807) is 6.07 Å². The van der Waals surface area contributed by atoms with E-state index in [0.717, 1.165) is 30.6 Å². The smallest absolute Gasteiger partial charge is 0.292 e. The Bertz CT molecular complexity index is 1150. The van der Waals surface area contributed by atoms with Crippen LogP contribution in [0.25, 0.3) is 5.82 Å². The van der Waals surface area contributed by atoms with E-state index in [9.17, 15) is 14.9 Å². The molecule has 0 radical (unpaired) electrons. The second-order valence-electron chi connectivity index (χ2n) is 7.16. The third-order valence-corrected chi connectivity index (χ3v) is 4.93. The summed E-state index contributed by atoms with van der Waals surface area (Å²) in [5, 5.41) is 30.2. The van der Waals surface area contributed by atoms with Gasteiger partial charge in [0.1, 0.15) is 5.69 Å². The predicted molar refractivity (Wildman–Crippen MR) is 111 cm³/mol. The Balaban J connectivity index is 1.57. The summed E-state index contributed by atoms with van der Waals surface area (Å²) < 4.78 is 5.78. The summed E-state index contributed by atoms with van der Waals surface area (Å²) in [6.07, 6.45) is 4.62. The van der Waals surface area contributed by atoms with Crippen LogP contribution in [0.5, 0.6) is 0 Å². The fourth-order valence-electron chi connectivity index (χ4n) is 3.40. The standard InChI is InChI=1S/C18H20N10O4/c19-16-17(24-32-23-16)27-15(14(21-25-27)11-26-7-2-1-3-8-26)18(29)22-20-10-12-5-4-6-13(9-12)28(30)31/h4-6,9-10H,1-3,7-8,11H2,(H2,19,23)(H,22,29)/b20-10+. The number of benzene rings is 1. The van der Waals surface area contributed by atoms with Crippen molar-refractivity contribution in [1.29, 1.82) is 0 Å². The highest BCUT2D eigenvalue weighted by Crippen LogP contribution is 2.19. The Labute approximate surface area is 181 Å². The van der Waals surface area contributed by atoms with Crippen LogP contribution >= 0.6 is 0 Å². The van der Waals surface area contributed by atoms with Gasteiger partial charge in [0.25, 0.3) is 11.6 Å². The summed E-state index contributed by atoms with van der Waals surface area (Å²) in [4.78, 5) is 25.6. The summed E-state index contributed by atoms with van der Waals surface area (Å²) >= 11 is 0. The molecule has 14 nitrogen and oxygen atoms in total. The van der Waals surface area contributed by atoms with E-state index < -0.39 is 10.8 Å². The Morgan fingerprint density at radius 1 is 1.31 bits per heavy atom. The van der Waals surface area contributed by atoms with Crippen LogP contribution in [0.3, 0.4) is 0 Å². The average molecular weight is 440 g/mol. The molecule has 0 unspecified atom stereocenters. The number of anilines is 1. The van der Waals surface area contributed by atoms with Crippen LogP contribution in [0, 0.1) is 10.1 Å². The van der Waals surface area contributed by atoms with Crippen molar-refractivity contribution < 1.29 is 14.3 Å². The molecule has 0 atom stereocenters. The maximum atomic E-state index is 13.0. The minimum Gasteiger partial charge on any atom is -0.378 e. The minimum atomic E-state index is -0.605. The van der Waals surface area contributed by atoms with Gasteiger partial charge in [-0.15, -0.1) is 5.10 Å². The summed E-state index contributed by atoms with van der Waals surface area (Å²) in [5.41, 5.74) is 9.06. The lowest BCUT2D eigenvalue weighted by molar-refractivity contribution is -0.384. The number of rotatable bonds is 7. The van der Waals surface area contributed by atoms with Gasteiger partial charge in [0.2, 0.25) is 11.6 Å². The van der Waals surface area contributed by atoms with Gasteiger partial charge in [0, 0.05) is 24.2 Å². The first kappa shape index (κ1) is 21.0. The number of amides is 1. The number of nitro groups is 1. The van der Waals surface area contributed by atoms with Crippen molar-refractivity contribution in [3.8, 4) is 5.82 Å². The van der Waals surface area contributed by atoms with Gasteiger partial charge >= 0.3 is 0 Å². The van der Waals surface area contributed by atoms with Crippen LogP contribution < -0.4 is 11.2 Å². The number of hydrogen-bond donors (Lipinski definition) is 2. The molecule has 0 bridgehead atoms. The second kappa shape index (κ2) is 9.30. The number of nitrogen functional groups attached to an aromatic ring is 1. The van der Waals surface area contributed by atoms with E-state index in [1.807, 2.05) is 0 Å². The Hall–Kier alpha value is -4.20. The van der Waals surface area contributed by atoms with Gasteiger partial charge in [-0.25, -0.2) is 10.1 Å². The molecule has 1 aliphatic heterocycles. The van der Waals surface area contributed by atoms with E-state index in [0.29, 0.717) is 17.8 Å². The quantitative estimate of drug-likeness (QED) is 0.304. The molecule has 0 saturated carbocycles. The number of carbonyl (C=O) groups is 1. The first-order valence-corrected chi connectivity index (χ1v) is 9.86. The maximum Gasteiger partial charge on any atom is 0.292 e. The summed E-state index contributed by atoms with van der Waals surface area (Å²) in [6, 6.07) is 5.85. The minimum absolute atomic E-state index is 0.0372. The number of piperidine rings is 1. The molecular weight excluding hydrogens is 420 g/mol. The molecule has 3 heterocycles. The molecule has 14 heteroatoms. The van der Waals surface area contributed by atoms with Crippen LogP contribution in [-0.4, -0.2) is 60.3 Å². The highest BCUT2D eigenvalue weighted by Gasteiger charge is 2.26. The van der Waals surface area contributed by atoms with Crippen LogP contribution in [-0.2, 0) is 6.54 Å². The Kier molecular flexibility index (Phi) is 6.12. The second-order valence-corrected chi connectivity index (χ2v) is 7.16. The molecule has 1 aliphatic rings. The van der Waals surface area contributed by atoms with Crippen LogP contribution in [0.2, 0.25) is 0 Å². The van der Waals surface area contributed by atoms with Gasteiger partial charge in [0.15, 0.2) is 5.69 Å². The molecule has 2 aromatic heterocycles. The van der Waals surface area contributed by atoms with Crippen LogP contribution in [0.15, 0.2) is 34.0 Å². The van der Waals surface area contributed by atoms with Gasteiger partial charge in [-0.1, -0.05) is 23.8 Å². The molecule has 3 aromatic rings. The molecular formula is C18H20N10O4. The maximum absolute atomic E-state index is 13.0. The summed E-state index contributed by atoms with van der Waals surface area (Å²) in [7, 11) is 0. The number of carbonyl (C=O) groups excluding carboxylic acids is 1. The molecule has 32 heavy (non-hydrogen) atoms. The third kappa shape index (κ3) is 4.59. The highest BCUT2D eigenvalue weighted by molar-refractivity contribution is 5.95. The van der Waals surface area contributed by atoms with E-state index >= 15 is 0 Å². The first-order valence-electron chi connectivity index (χ1n) is 9.86. The number of likely N-dealkylation sites (tertiary alicyclic amines) is 1. The molecule has 0 spiro atoms. The van der Waals surface area contributed by atoms with E-state index in [1.165, 1.54) is 30.8 Å². The van der Waals surface area contributed by atoms with E-state index in [-0.39, 0.29) is 23.0 Å².